The van der Waals surface area contributed by atoms with Crippen molar-refractivity contribution in [2.75, 3.05) is 6.54 Å². The summed E-state index contributed by atoms with van der Waals surface area (Å²) < 4.78 is 0. The van der Waals surface area contributed by atoms with Crippen LogP contribution in [0.4, 0.5) is 9.59 Å². The zero-order valence-corrected chi connectivity index (χ0v) is 9.29. The molecule has 7 N–H and O–H groups in total. The maximum atomic E-state index is 10.8. The molecule has 0 saturated carbocycles. The first-order valence-corrected chi connectivity index (χ1v) is 4.83. The van der Waals surface area contributed by atoms with E-state index in [1.807, 2.05) is 0 Å². The smallest absolute Gasteiger partial charge is 0.417 e. The van der Waals surface area contributed by atoms with E-state index in [-0.39, 0.29) is 30.2 Å². The number of imide groups is 1. The Morgan fingerprint density at radius 1 is 1.22 bits per heavy atom. The Morgan fingerprint density at radius 2 is 1.72 bits per heavy atom. The summed E-state index contributed by atoms with van der Waals surface area (Å²) in [5.41, 5.74) is 4.98. The topological polar surface area (TPSA) is 177 Å². The van der Waals surface area contributed by atoms with E-state index in [4.69, 9.17) is 26.5 Å². The number of carboxylic acids is 1. The number of nitrogens with one attached hydrogen (secondary N) is 2. The van der Waals surface area contributed by atoms with E-state index in [0.29, 0.717) is 0 Å². The fourth-order valence-corrected chi connectivity index (χ4v) is 1.23. The molecule has 0 radical (unpaired) electrons. The Labute approximate surface area is 101 Å². The lowest BCUT2D eigenvalue weighted by Crippen LogP contribution is -2.47. The van der Waals surface area contributed by atoms with Crippen molar-refractivity contribution >= 4 is 24.1 Å². The molecule has 10 heteroatoms. The standard InChI is InChI=1S/C8H14N4O6/c9-6(10)11-3-1-2-4(5(13)14)12(7(15)16)8(17)18/h4H,1-3H2,(H,13,14)(H,15,16)(H,17,18)(H4,9,10,11)/t4-/m0/s1. The molecule has 0 aliphatic carbocycles. The lowest BCUT2D eigenvalue weighted by atomic mass is 10.1. The Kier molecular flexibility index (Phi) is 5.96. The van der Waals surface area contributed by atoms with Crippen LogP contribution in [0.3, 0.4) is 0 Å². The molecule has 0 aromatic rings. The van der Waals surface area contributed by atoms with Crippen LogP contribution in [-0.4, -0.2) is 56.9 Å². The predicted octanol–water partition coefficient (Wildman–Crippen LogP) is -0.639. The summed E-state index contributed by atoms with van der Waals surface area (Å²) >= 11 is 0. The summed E-state index contributed by atoms with van der Waals surface area (Å²) in [6.45, 7) is 0.145. The summed E-state index contributed by atoms with van der Waals surface area (Å²) in [5, 5.41) is 35.3. The van der Waals surface area contributed by atoms with Crippen LogP contribution in [0.2, 0.25) is 0 Å². The SMILES string of the molecule is N=C(N)NCCC[C@@H](C(=O)O)N(C(=O)O)C(=O)O. The molecule has 0 heterocycles. The third-order valence-corrected chi connectivity index (χ3v) is 1.98. The number of aliphatic carboxylic acids is 1. The number of nitrogens with two attached hydrogens (primary N) is 1. The number of nitrogens with zero attached hydrogens (tertiary/aromatic N) is 1. The van der Waals surface area contributed by atoms with Crippen molar-refractivity contribution in [3.63, 3.8) is 0 Å². The minimum atomic E-state index is -1.85. The van der Waals surface area contributed by atoms with Crippen LogP contribution in [0.25, 0.3) is 0 Å². The van der Waals surface area contributed by atoms with E-state index in [2.05, 4.69) is 5.32 Å². The normalized spacial score (nSPS) is 11.3. The van der Waals surface area contributed by atoms with Crippen LogP contribution in [0.5, 0.6) is 0 Å². The van der Waals surface area contributed by atoms with Gasteiger partial charge in [0, 0.05) is 6.54 Å². The molecule has 2 amide bonds. The van der Waals surface area contributed by atoms with E-state index in [1.165, 1.54) is 0 Å². The van der Waals surface area contributed by atoms with Gasteiger partial charge in [-0.3, -0.25) is 5.41 Å². The van der Waals surface area contributed by atoms with Gasteiger partial charge in [-0.15, -0.1) is 0 Å². The van der Waals surface area contributed by atoms with Crippen molar-refractivity contribution in [2.45, 2.75) is 18.9 Å². The second kappa shape index (κ2) is 6.93. The van der Waals surface area contributed by atoms with Crippen molar-refractivity contribution < 1.29 is 29.7 Å². The average molecular weight is 262 g/mol. The van der Waals surface area contributed by atoms with Gasteiger partial charge in [0.2, 0.25) is 0 Å². The minimum Gasteiger partial charge on any atom is -0.480 e. The second-order valence-electron chi connectivity index (χ2n) is 3.27. The molecule has 1 atom stereocenters. The van der Waals surface area contributed by atoms with Crippen molar-refractivity contribution in [1.82, 2.24) is 10.2 Å². The van der Waals surface area contributed by atoms with Gasteiger partial charge in [-0.2, -0.15) is 4.90 Å². The number of guanidine groups is 1. The molecule has 102 valence electrons. The molecule has 0 aromatic carbocycles. The molecule has 10 nitrogen and oxygen atoms in total. The van der Waals surface area contributed by atoms with E-state index in [1.54, 1.807) is 0 Å². The molecule has 0 spiro atoms. The molecule has 0 saturated heterocycles. The van der Waals surface area contributed by atoms with Gasteiger partial charge >= 0.3 is 18.2 Å². The van der Waals surface area contributed by atoms with Crippen molar-refractivity contribution in [3.8, 4) is 0 Å². The number of rotatable bonds is 6. The maximum Gasteiger partial charge on any atom is 0.417 e. The lowest BCUT2D eigenvalue weighted by Gasteiger charge is -2.21. The Morgan fingerprint density at radius 3 is 2.06 bits per heavy atom. The lowest BCUT2D eigenvalue weighted by molar-refractivity contribution is -0.142. The zero-order valence-electron chi connectivity index (χ0n) is 9.29. The van der Waals surface area contributed by atoms with Gasteiger partial charge in [-0.05, 0) is 12.8 Å². The molecular weight excluding hydrogens is 248 g/mol. The fourth-order valence-electron chi connectivity index (χ4n) is 1.23. The van der Waals surface area contributed by atoms with Crippen LogP contribution >= 0.6 is 0 Å². The fraction of sp³-hybridized carbons (Fsp3) is 0.500. The van der Waals surface area contributed by atoms with E-state index >= 15 is 0 Å². The summed E-state index contributed by atoms with van der Waals surface area (Å²) in [7, 11) is 0. The van der Waals surface area contributed by atoms with Gasteiger partial charge in [0.15, 0.2) is 5.96 Å². The minimum absolute atomic E-state index is 0.145. The van der Waals surface area contributed by atoms with Gasteiger partial charge in [-0.1, -0.05) is 0 Å². The molecule has 0 fully saturated rings. The second-order valence-corrected chi connectivity index (χ2v) is 3.27. The molecular formula is C8H14N4O6. The van der Waals surface area contributed by atoms with Crippen molar-refractivity contribution in [2.24, 2.45) is 5.73 Å². The van der Waals surface area contributed by atoms with Gasteiger partial charge in [0.1, 0.15) is 6.04 Å². The van der Waals surface area contributed by atoms with Gasteiger partial charge in [0.05, 0.1) is 0 Å². The summed E-state index contributed by atoms with van der Waals surface area (Å²) in [6, 6.07) is -1.69. The van der Waals surface area contributed by atoms with Crippen LogP contribution in [0.15, 0.2) is 0 Å². The summed E-state index contributed by atoms with van der Waals surface area (Å²) in [6.07, 6.45) is -3.77. The Balaban J connectivity index is 4.55. The molecule has 18 heavy (non-hydrogen) atoms. The molecule has 0 bridgehead atoms. The largest absolute Gasteiger partial charge is 0.480 e. The number of carbonyl (C=O) groups is 3. The number of hydrogen-bond donors (Lipinski definition) is 6. The quantitative estimate of drug-likeness (QED) is 0.208. The van der Waals surface area contributed by atoms with E-state index in [9.17, 15) is 14.4 Å². The van der Waals surface area contributed by atoms with Crippen LogP contribution in [0.1, 0.15) is 12.8 Å². The van der Waals surface area contributed by atoms with E-state index < -0.39 is 24.2 Å². The van der Waals surface area contributed by atoms with E-state index in [0.717, 1.165) is 0 Å². The first-order chi connectivity index (χ1) is 8.27. The van der Waals surface area contributed by atoms with Gasteiger partial charge in [-0.25, -0.2) is 14.4 Å². The highest BCUT2D eigenvalue weighted by Crippen LogP contribution is 2.08. The highest BCUT2D eigenvalue weighted by Gasteiger charge is 2.34. The van der Waals surface area contributed by atoms with Crippen LogP contribution in [-0.2, 0) is 4.79 Å². The summed E-state index contributed by atoms with van der Waals surface area (Å²) in [4.78, 5) is 31.9. The first-order valence-electron chi connectivity index (χ1n) is 4.83. The third-order valence-electron chi connectivity index (χ3n) is 1.98. The Hall–Kier alpha value is -2.52. The zero-order chi connectivity index (χ0) is 14.3. The Bertz CT molecular complexity index is 343. The van der Waals surface area contributed by atoms with Crippen LogP contribution in [0, 0.1) is 5.41 Å². The van der Waals surface area contributed by atoms with Crippen LogP contribution < -0.4 is 11.1 Å². The third kappa shape index (κ3) is 5.01. The molecule has 0 aliphatic heterocycles. The van der Waals surface area contributed by atoms with Crippen molar-refractivity contribution in [1.29, 1.82) is 5.41 Å². The summed E-state index contributed by atoms with van der Waals surface area (Å²) in [5.74, 6) is -1.86. The predicted molar refractivity (Wildman–Crippen MR) is 58.5 cm³/mol. The highest BCUT2D eigenvalue weighted by molar-refractivity contribution is 5.91. The van der Waals surface area contributed by atoms with Gasteiger partial charge in [0.25, 0.3) is 0 Å². The highest BCUT2D eigenvalue weighted by atomic mass is 16.4. The first kappa shape index (κ1) is 15.5. The van der Waals surface area contributed by atoms with Crippen molar-refractivity contribution in [3.05, 3.63) is 0 Å². The number of amides is 2. The monoisotopic (exact) mass is 262 g/mol. The molecule has 0 rings (SSSR count). The average Bonchev–Trinajstić information content (AvgIpc) is 2.20. The number of carboxylic acid groups (broad SMARTS) is 3. The maximum absolute atomic E-state index is 10.8. The molecule has 0 unspecified atom stereocenters. The van der Waals surface area contributed by atoms with Gasteiger partial charge < -0.3 is 26.4 Å². The number of hydrogen-bond acceptors (Lipinski definition) is 4. The molecule has 0 aromatic heterocycles. The molecule has 0 aliphatic rings.